The smallest absolute Gasteiger partial charge is 0.0451 e. The van der Waals surface area contributed by atoms with Gasteiger partial charge in [-0.25, -0.2) is 0 Å². The quantitative estimate of drug-likeness (QED) is 0.270. The van der Waals surface area contributed by atoms with E-state index in [4.69, 9.17) is 0 Å². The Bertz CT molecular complexity index is 1650. The highest BCUT2D eigenvalue weighted by Crippen LogP contribution is 2.56. The summed E-state index contributed by atoms with van der Waals surface area (Å²) < 4.78 is 0. The van der Waals surface area contributed by atoms with E-state index in [9.17, 15) is 0 Å². The van der Waals surface area contributed by atoms with Crippen molar-refractivity contribution >= 4 is 0 Å². The normalized spacial score (nSPS) is 40.5. The average Bonchev–Trinajstić information content (AvgIpc) is 3.71. The zero-order chi connectivity index (χ0) is 33.0. The van der Waals surface area contributed by atoms with Crippen LogP contribution < -0.4 is 0 Å². The molecule has 10 aliphatic rings. The summed E-state index contributed by atoms with van der Waals surface area (Å²) >= 11 is 0. The van der Waals surface area contributed by atoms with Crippen molar-refractivity contribution in [3.05, 3.63) is 119 Å². The van der Waals surface area contributed by atoms with Gasteiger partial charge in [-0.3, -0.25) is 0 Å². The van der Waals surface area contributed by atoms with E-state index in [1.807, 2.05) is 0 Å². The highest BCUT2D eigenvalue weighted by Gasteiger charge is 2.50. The molecule has 0 aromatic rings. The van der Waals surface area contributed by atoms with E-state index in [2.05, 4.69) is 94.9 Å². The molecule has 2 heteroatoms. The molecule has 9 unspecified atom stereocenters. The number of hydrogen-bond acceptors (Lipinski definition) is 2. The first kappa shape index (κ1) is 31.7. The van der Waals surface area contributed by atoms with Crippen molar-refractivity contribution in [2.24, 2.45) is 53.3 Å². The lowest BCUT2D eigenvalue weighted by molar-refractivity contribution is 0.140. The van der Waals surface area contributed by atoms with Crippen LogP contribution >= 0.6 is 0 Å². The minimum atomic E-state index is 0.589. The predicted octanol–water partition coefficient (Wildman–Crippen LogP) is 12.2. The van der Waals surface area contributed by atoms with Gasteiger partial charge in [0.25, 0.3) is 0 Å². The van der Waals surface area contributed by atoms with Crippen LogP contribution in [0.5, 0.6) is 0 Å². The Morgan fingerprint density at radius 1 is 0.620 bits per heavy atom. The van der Waals surface area contributed by atoms with Crippen molar-refractivity contribution in [3.63, 3.8) is 0 Å². The number of allylic oxidation sites excluding steroid dienone is 18. The molecule has 8 aliphatic carbocycles. The minimum absolute atomic E-state index is 0.589. The Morgan fingerprint density at radius 2 is 1.52 bits per heavy atom. The fraction of sp³-hybridized carbons (Fsp3) is 0.583. The fourth-order valence-electron chi connectivity index (χ4n) is 12.8. The lowest BCUT2D eigenvalue weighted by atomic mass is 9.67. The summed E-state index contributed by atoms with van der Waals surface area (Å²) in [6, 6.07) is 0.711. The van der Waals surface area contributed by atoms with Gasteiger partial charge < -0.3 is 9.80 Å². The zero-order valence-corrected chi connectivity index (χ0v) is 30.5. The van der Waals surface area contributed by atoms with Crippen LogP contribution in [0.3, 0.4) is 0 Å². The van der Waals surface area contributed by atoms with E-state index >= 15 is 0 Å². The number of nitrogens with zero attached hydrogens (tertiary/aromatic N) is 2. The van der Waals surface area contributed by atoms with E-state index in [1.54, 1.807) is 34.1 Å². The SMILES string of the molecule is C1=CCC2C(=C1)N(C1=CCC([C@@H]3CC=CCC3)CC1)C1=C2CC(C2CCC3C(C2)C2CC=CC=C2N3C2=CC(C3C=CCCC3)CCC2)C=C1. The van der Waals surface area contributed by atoms with Crippen molar-refractivity contribution < 1.29 is 0 Å². The molecule has 0 amide bonds. The second kappa shape index (κ2) is 13.5. The van der Waals surface area contributed by atoms with Gasteiger partial charge in [-0.2, -0.15) is 0 Å². The molecule has 0 spiro atoms. The number of rotatable bonds is 5. The molecule has 0 radical (unpaired) electrons. The lowest BCUT2D eigenvalue weighted by Gasteiger charge is -2.42. The molecule has 0 aromatic heterocycles. The Kier molecular flexibility index (Phi) is 8.58. The van der Waals surface area contributed by atoms with Crippen LogP contribution in [0.4, 0.5) is 0 Å². The van der Waals surface area contributed by atoms with Crippen LogP contribution in [-0.2, 0) is 0 Å². The monoisotopic (exact) mass is 664 g/mol. The Morgan fingerprint density at radius 3 is 2.38 bits per heavy atom. The van der Waals surface area contributed by atoms with Gasteiger partial charge in [0, 0.05) is 46.4 Å². The molecule has 50 heavy (non-hydrogen) atoms. The van der Waals surface area contributed by atoms with Gasteiger partial charge in [0.15, 0.2) is 0 Å². The highest BCUT2D eigenvalue weighted by molar-refractivity contribution is 5.49. The van der Waals surface area contributed by atoms with E-state index in [-0.39, 0.29) is 0 Å². The molecule has 0 N–H and O–H groups in total. The van der Waals surface area contributed by atoms with Crippen molar-refractivity contribution in [1.82, 2.24) is 9.80 Å². The summed E-state index contributed by atoms with van der Waals surface area (Å²) in [6.45, 7) is 0. The second-order valence-electron chi connectivity index (χ2n) is 17.8. The van der Waals surface area contributed by atoms with Gasteiger partial charge in [-0.15, -0.1) is 0 Å². The topological polar surface area (TPSA) is 6.48 Å². The summed E-state index contributed by atoms with van der Waals surface area (Å²) in [5.41, 5.74) is 9.87. The van der Waals surface area contributed by atoms with Gasteiger partial charge in [-0.05, 0) is 181 Å². The van der Waals surface area contributed by atoms with Crippen molar-refractivity contribution in [1.29, 1.82) is 0 Å². The van der Waals surface area contributed by atoms with Crippen molar-refractivity contribution in [2.75, 3.05) is 0 Å². The fourth-order valence-corrected chi connectivity index (χ4v) is 12.8. The third-order valence-electron chi connectivity index (χ3n) is 15.4. The summed E-state index contributed by atoms with van der Waals surface area (Å²) in [4.78, 5) is 5.69. The summed E-state index contributed by atoms with van der Waals surface area (Å²) in [5, 5.41) is 0. The molecule has 0 bridgehead atoms. The summed E-state index contributed by atoms with van der Waals surface area (Å²) in [7, 11) is 0. The van der Waals surface area contributed by atoms with Crippen LogP contribution in [-0.4, -0.2) is 15.8 Å². The molecule has 2 heterocycles. The zero-order valence-electron chi connectivity index (χ0n) is 30.5. The Labute approximate surface area is 302 Å². The maximum Gasteiger partial charge on any atom is 0.0451 e. The van der Waals surface area contributed by atoms with E-state index in [0.717, 1.165) is 41.4 Å². The van der Waals surface area contributed by atoms with Gasteiger partial charge in [-0.1, -0.05) is 66.8 Å². The molecule has 2 aliphatic heterocycles. The van der Waals surface area contributed by atoms with E-state index in [1.165, 1.54) is 116 Å². The second-order valence-corrected chi connectivity index (χ2v) is 17.8. The molecule has 0 aromatic carbocycles. The lowest BCUT2D eigenvalue weighted by Crippen LogP contribution is -2.38. The van der Waals surface area contributed by atoms with Crippen LogP contribution in [0.1, 0.15) is 116 Å². The molecule has 262 valence electrons. The summed E-state index contributed by atoms with van der Waals surface area (Å²) in [5.74, 6) is 6.92. The number of fused-ring (bicyclic) bond motifs is 5. The van der Waals surface area contributed by atoms with Crippen LogP contribution in [0, 0.1) is 53.3 Å². The maximum absolute atomic E-state index is 2.94. The summed E-state index contributed by atoms with van der Waals surface area (Å²) in [6.07, 6.45) is 59.1. The largest absolute Gasteiger partial charge is 0.345 e. The first-order valence-electron chi connectivity index (χ1n) is 21.3. The first-order valence-corrected chi connectivity index (χ1v) is 21.3. The molecular formula is C48H60N2. The third-order valence-corrected chi connectivity index (χ3v) is 15.4. The van der Waals surface area contributed by atoms with Crippen LogP contribution in [0.25, 0.3) is 0 Å². The molecule has 10 rings (SSSR count). The molecule has 2 nitrogen and oxygen atoms in total. The molecular weight excluding hydrogens is 605 g/mol. The van der Waals surface area contributed by atoms with Gasteiger partial charge in [0.1, 0.15) is 0 Å². The average molecular weight is 665 g/mol. The first-order chi connectivity index (χ1) is 24.8. The molecule has 1 saturated heterocycles. The van der Waals surface area contributed by atoms with Gasteiger partial charge >= 0.3 is 0 Å². The molecule has 1 saturated carbocycles. The maximum atomic E-state index is 2.94. The molecule has 10 atom stereocenters. The molecule has 2 fully saturated rings. The van der Waals surface area contributed by atoms with E-state index in [0.29, 0.717) is 17.9 Å². The van der Waals surface area contributed by atoms with Crippen LogP contribution in [0.15, 0.2) is 119 Å². The van der Waals surface area contributed by atoms with Crippen molar-refractivity contribution in [2.45, 2.75) is 122 Å². The highest BCUT2D eigenvalue weighted by atomic mass is 15.2. The Hall–Kier alpha value is -3.00. The van der Waals surface area contributed by atoms with Gasteiger partial charge in [0.05, 0.1) is 0 Å². The predicted molar refractivity (Wildman–Crippen MR) is 207 cm³/mol. The number of hydrogen-bond donors (Lipinski definition) is 0. The minimum Gasteiger partial charge on any atom is -0.345 e. The third kappa shape index (κ3) is 5.58. The Balaban J connectivity index is 0.867. The number of likely N-dealkylation sites (tertiary alicyclic amines) is 1. The van der Waals surface area contributed by atoms with Crippen molar-refractivity contribution in [3.8, 4) is 0 Å². The van der Waals surface area contributed by atoms with E-state index < -0.39 is 0 Å². The van der Waals surface area contributed by atoms with Gasteiger partial charge in [0.2, 0.25) is 0 Å². The standard InChI is InChI=1S/C48H60N2/c1-3-12-33(13-4-1)35-22-26-39(27-23-35)49-45-20-9-7-18-41(45)43-31-37(24-28-47(43)49)38-25-29-48-44(32-38)42-19-8-10-21-46(42)50(48)40-17-11-16-36(30-40)34-14-5-2-6-15-34/h1,3,5,7-10,14,20-21,24,26,28,30,33-38,41-42,44,48H,2,4,6,11-13,15-19,22-23,25,27,29,31-32H2/t33-,34?,35?,36?,37?,38?,41?,42?,44?,48?/m1/s1. The van der Waals surface area contributed by atoms with Crippen LogP contribution in [0.2, 0.25) is 0 Å².